The summed E-state index contributed by atoms with van der Waals surface area (Å²) in [5.74, 6) is -0.475. The minimum atomic E-state index is -2.87. The lowest BCUT2D eigenvalue weighted by Gasteiger charge is -2.27. The molecule has 4 rings (SSSR count). The normalized spacial score (nSPS) is 18.5. The number of aliphatic hydroxyl groups excluding tert-OH is 2. The van der Waals surface area contributed by atoms with E-state index in [2.05, 4.69) is 25.3 Å². The highest BCUT2D eigenvalue weighted by atomic mass is 19.3. The molecule has 0 spiro atoms. The van der Waals surface area contributed by atoms with Gasteiger partial charge in [-0.2, -0.15) is 8.78 Å². The number of halogens is 2. The van der Waals surface area contributed by atoms with E-state index < -0.39 is 12.5 Å². The van der Waals surface area contributed by atoms with Gasteiger partial charge in [0.1, 0.15) is 5.75 Å². The fraction of sp³-hybridized carbons (Fsp3) is 0.346. The number of nitrogens with zero attached hydrogens (tertiary/aromatic N) is 2. The molecule has 0 radical (unpaired) electrons. The summed E-state index contributed by atoms with van der Waals surface area (Å²) < 4.78 is 28.9. The van der Waals surface area contributed by atoms with Gasteiger partial charge in [-0.05, 0) is 61.1 Å². The van der Waals surface area contributed by atoms with Crippen molar-refractivity contribution in [3.8, 4) is 16.9 Å². The minimum absolute atomic E-state index is 0.0138. The van der Waals surface area contributed by atoms with E-state index in [0.717, 1.165) is 18.4 Å². The van der Waals surface area contributed by atoms with E-state index in [1.165, 1.54) is 12.1 Å². The van der Waals surface area contributed by atoms with Crippen LogP contribution in [0.4, 0.5) is 20.4 Å². The maximum atomic E-state index is 12.7. The van der Waals surface area contributed by atoms with Crippen LogP contribution in [0.3, 0.4) is 0 Å². The van der Waals surface area contributed by atoms with Gasteiger partial charge in [-0.25, -0.2) is 9.97 Å². The zero-order chi connectivity index (χ0) is 25.5. The van der Waals surface area contributed by atoms with Gasteiger partial charge in [-0.15, -0.1) is 0 Å². The maximum Gasteiger partial charge on any atom is 0.387 e. The van der Waals surface area contributed by atoms with Crippen LogP contribution in [0.15, 0.2) is 60.9 Å². The molecule has 1 atom stereocenters. The van der Waals surface area contributed by atoms with Crippen molar-refractivity contribution in [1.29, 1.82) is 0 Å². The molecule has 1 amide bonds. The predicted molar refractivity (Wildman–Crippen MR) is 130 cm³/mol. The summed E-state index contributed by atoms with van der Waals surface area (Å²) in [6.45, 7) is -3.18. The number of carbonyl (C=O) groups is 1. The standard InChI is InChI=1S/C26H28F2N4O4/c27-25(28)36-22-11-3-16(4-12-22)18-13-29-26(30-14-18)32-20-5-1-17(2-6-20)23(15-33)24(35)31-19-7-9-21(34)10-8-19/h1-6,11-14,19,21,23,25,33-34H,7-10,15H2,(H,31,35)(H,29,30,32)/t19?,21?,23-/m1/s1. The third-order valence-corrected chi connectivity index (χ3v) is 6.18. The number of aliphatic hydroxyl groups is 2. The Morgan fingerprint density at radius 3 is 2.19 bits per heavy atom. The van der Waals surface area contributed by atoms with Gasteiger partial charge in [0.2, 0.25) is 11.9 Å². The van der Waals surface area contributed by atoms with E-state index in [1.807, 2.05) is 0 Å². The van der Waals surface area contributed by atoms with Gasteiger partial charge in [0.25, 0.3) is 0 Å². The second-order valence-electron chi connectivity index (χ2n) is 8.69. The van der Waals surface area contributed by atoms with Gasteiger partial charge in [-0.1, -0.05) is 24.3 Å². The Morgan fingerprint density at radius 2 is 1.61 bits per heavy atom. The fourth-order valence-electron chi connectivity index (χ4n) is 4.16. The molecule has 4 N–H and O–H groups in total. The van der Waals surface area contributed by atoms with Crippen molar-refractivity contribution >= 4 is 17.5 Å². The van der Waals surface area contributed by atoms with Gasteiger partial charge in [0.05, 0.1) is 18.6 Å². The van der Waals surface area contributed by atoms with Crippen LogP contribution in [0.2, 0.25) is 0 Å². The SMILES string of the molecule is O=C(NC1CCC(O)CC1)[C@H](CO)c1ccc(Nc2ncc(-c3ccc(OC(F)F)cc3)cn2)cc1. The van der Waals surface area contributed by atoms with E-state index in [1.54, 1.807) is 48.8 Å². The number of ether oxygens (including phenoxy) is 1. The van der Waals surface area contributed by atoms with Crippen LogP contribution in [0.1, 0.15) is 37.2 Å². The highest BCUT2D eigenvalue weighted by molar-refractivity contribution is 5.84. The van der Waals surface area contributed by atoms with Crippen molar-refractivity contribution < 1.29 is 28.5 Å². The van der Waals surface area contributed by atoms with Gasteiger partial charge in [0, 0.05) is 29.7 Å². The van der Waals surface area contributed by atoms with Gasteiger partial charge in [-0.3, -0.25) is 4.79 Å². The molecule has 8 nitrogen and oxygen atoms in total. The zero-order valence-electron chi connectivity index (χ0n) is 19.5. The molecule has 1 fully saturated rings. The van der Waals surface area contributed by atoms with Gasteiger partial charge in [0.15, 0.2) is 0 Å². The van der Waals surface area contributed by atoms with Gasteiger partial charge < -0.3 is 25.6 Å². The highest BCUT2D eigenvalue weighted by Crippen LogP contribution is 2.25. The summed E-state index contributed by atoms with van der Waals surface area (Å²) in [6, 6.07) is 13.3. The van der Waals surface area contributed by atoms with Crippen LogP contribution in [0.25, 0.3) is 11.1 Å². The Morgan fingerprint density at radius 1 is 0.972 bits per heavy atom. The molecule has 36 heavy (non-hydrogen) atoms. The first-order valence-electron chi connectivity index (χ1n) is 11.7. The summed E-state index contributed by atoms with van der Waals surface area (Å²) in [5.41, 5.74) is 2.86. The first-order chi connectivity index (χ1) is 17.4. The summed E-state index contributed by atoms with van der Waals surface area (Å²) in [5, 5.41) is 25.5. The van der Waals surface area contributed by atoms with Gasteiger partial charge >= 0.3 is 6.61 Å². The molecule has 1 aliphatic rings. The van der Waals surface area contributed by atoms with Crippen molar-refractivity contribution in [3.05, 3.63) is 66.5 Å². The van der Waals surface area contributed by atoms with Crippen LogP contribution in [0.5, 0.6) is 5.75 Å². The second kappa shape index (κ2) is 11.9. The van der Waals surface area contributed by atoms with E-state index in [4.69, 9.17) is 0 Å². The van der Waals surface area contributed by atoms with Crippen LogP contribution < -0.4 is 15.4 Å². The average Bonchev–Trinajstić information content (AvgIpc) is 2.87. The smallest absolute Gasteiger partial charge is 0.387 e. The monoisotopic (exact) mass is 498 g/mol. The Hall–Kier alpha value is -3.63. The third kappa shape index (κ3) is 6.73. The number of anilines is 2. The molecular formula is C26H28F2N4O4. The Kier molecular flexibility index (Phi) is 8.40. The minimum Gasteiger partial charge on any atom is -0.435 e. The van der Waals surface area contributed by atoms with Crippen molar-refractivity contribution in [2.45, 2.75) is 50.4 Å². The largest absolute Gasteiger partial charge is 0.435 e. The lowest BCUT2D eigenvalue weighted by Crippen LogP contribution is -2.41. The number of hydrogen-bond donors (Lipinski definition) is 4. The Labute approximate surface area is 207 Å². The first kappa shape index (κ1) is 25.5. The number of amides is 1. The molecule has 3 aromatic rings. The van der Waals surface area contributed by atoms with E-state index in [9.17, 15) is 23.8 Å². The number of carbonyl (C=O) groups excluding carboxylic acids is 1. The molecule has 190 valence electrons. The lowest BCUT2D eigenvalue weighted by molar-refractivity contribution is -0.124. The molecule has 2 aromatic carbocycles. The second-order valence-corrected chi connectivity index (χ2v) is 8.69. The number of rotatable bonds is 9. The summed E-state index contributed by atoms with van der Waals surface area (Å²) in [6.07, 6.45) is 5.72. The molecule has 0 unspecified atom stereocenters. The number of alkyl halides is 2. The molecule has 1 aromatic heterocycles. The van der Waals surface area contributed by atoms with Crippen molar-refractivity contribution in [2.75, 3.05) is 11.9 Å². The van der Waals surface area contributed by atoms with Crippen LogP contribution in [-0.2, 0) is 4.79 Å². The van der Waals surface area contributed by atoms with E-state index in [-0.39, 0.29) is 30.4 Å². The zero-order valence-corrected chi connectivity index (χ0v) is 19.5. The van der Waals surface area contributed by atoms with Crippen LogP contribution in [-0.4, -0.2) is 51.5 Å². The van der Waals surface area contributed by atoms with Crippen LogP contribution >= 0.6 is 0 Å². The Bertz CT molecular complexity index is 1120. The first-order valence-corrected chi connectivity index (χ1v) is 11.7. The third-order valence-electron chi connectivity index (χ3n) is 6.18. The Balaban J connectivity index is 1.34. The summed E-state index contributed by atoms with van der Waals surface area (Å²) in [4.78, 5) is 21.3. The molecule has 0 aliphatic heterocycles. The number of benzene rings is 2. The fourth-order valence-corrected chi connectivity index (χ4v) is 4.16. The van der Waals surface area contributed by atoms with Crippen molar-refractivity contribution in [1.82, 2.24) is 15.3 Å². The highest BCUT2D eigenvalue weighted by Gasteiger charge is 2.25. The predicted octanol–water partition coefficient (Wildman–Crippen LogP) is 3.98. The number of aromatic nitrogens is 2. The molecule has 10 heteroatoms. The summed E-state index contributed by atoms with van der Waals surface area (Å²) >= 11 is 0. The van der Waals surface area contributed by atoms with Crippen LogP contribution in [0, 0.1) is 0 Å². The van der Waals surface area contributed by atoms with E-state index in [0.29, 0.717) is 35.6 Å². The number of nitrogens with one attached hydrogen (secondary N) is 2. The van der Waals surface area contributed by atoms with Crippen molar-refractivity contribution in [3.63, 3.8) is 0 Å². The molecule has 1 heterocycles. The molecular weight excluding hydrogens is 470 g/mol. The van der Waals surface area contributed by atoms with E-state index >= 15 is 0 Å². The maximum absolute atomic E-state index is 12.7. The average molecular weight is 499 g/mol. The molecule has 1 saturated carbocycles. The summed E-state index contributed by atoms with van der Waals surface area (Å²) in [7, 11) is 0. The number of hydrogen-bond acceptors (Lipinski definition) is 7. The molecule has 0 bridgehead atoms. The lowest BCUT2D eigenvalue weighted by atomic mass is 9.92. The topological polar surface area (TPSA) is 117 Å². The molecule has 0 saturated heterocycles. The molecule has 1 aliphatic carbocycles. The quantitative estimate of drug-likeness (QED) is 0.353. The van der Waals surface area contributed by atoms with Crippen molar-refractivity contribution in [2.24, 2.45) is 0 Å².